The monoisotopic (exact) mass is 233 g/mol. The number of hydrogen-bond acceptors (Lipinski definition) is 5. The fraction of sp³-hybridized carbons (Fsp3) is 0.800. The van der Waals surface area contributed by atoms with Crippen LogP contribution in [0.1, 0.15) is 12.8 Å². The van der Waals surface area contributed by atoms with Crippen LogP contribution in [0.5, 0.6) is 0 Å². The molecule has 0 aliphatic carbocycles. The zero-order valence-corrected chi connectivity index (χ0v) is 9.35. The molecular formula is C10H19NO5. The third kappa shape index (κ3) is 13.0. The van der Waals surface area contributed by atoms with Crippen molar-refractivity contribution < 1.29 is 23.8 Å². The number of carbonyl (C=O) groups is 2. The van der Waals surface area contributed by atoms with E-state index in [1.807, 2.05) is 0 Å². The molecule has 1 amide bonds. The van der Waals surface area contributed by atoms with Crippen LogP contribution in [0.3, 0.4) is 0 Å². The van der Waals surface area contributed by atoms with Crippen molar-refractivity contribution in [3.05, 3.63) is 0 Å². The number of aldehydes is 1. The van der Waals surface area contributed by atoms with Gasteiger partial charge in [-0.2, -0.15) is 0 Å². The van der Waals surface area contributed by atoms with Crippen LogP contribution in [0.2, 0.25) is 0 Å². The van der Waals surface area contributed by atoms with Crippen molar-refractivity contribution in [1.82, 2.24) is 0 Å². The smallest absolute Gasteiger partial charge is 0.217 e. The minimum Gasteiger partial charge on any atom is -0.379 e. The third-order valence-electron chi connectivity index (χ3n) is 1.64. The highest BCUT2D eigenvalue weighted by atomic mass is 16.5. The maximum atomic E-state index is 10.4. The molecule has 0 aromatic heterocycles. The van der Waals surface area contributed by atoms with E-state index in [9.17, 15) is 9.59 Å². The molecule has 0 aliphatic rings. The predicted molar refractivity (Wildman–Crippen MR) is 56.9 cm³/mol. The lowest BCUT2D eigenvalue weighted by Crippen LogP contribution is -2.13. The van der Waals surface area contributed by atoms with E-state index in [1.165, 1.54) is 0 Å². The van der Waals surface area contributed by atoms with E-state index < -0.39 is 0 Å². The highest BCUT2D eigenvalue weighted by molar-refractivity contribution is 5.73. The van der Waals surface area contributed by atoms with Crippen molar-refractivity contribution in [1.29, 1.82) is 0 Å². The number of primary amides is 1. The largest absolute Gasteiger partial charge is 0.379 e. The molecule has 0 heterocycles. The number of nitrogens with two attached hydrogens (primary N) is 1. The van der Waals surface area contributed by atoms with Crippen molar-refractivity contribution >= 4 is 12.2 Å². The standard InChI is InChI=1S/C10H19NO5/c11-10(13)2-1-4-14-6-8-16-9-7-15-5-3-12/h3H,1-2,4-9H2,(H2,11,13). The Hall–Kier alpha value is -0.980. The Labute approximate surface area is 95.0 Å². The van der Waals surface area contributed by atoms with E-state index in [4.69, 9.17) is 19.9 Å². The number of amides is 1. The molecule has 0 unspecified atom stereocenters. The SMILES string of the molecule is NC(=O)CCCOCCOCCOCC=O. The molecule has 0 aliphatic heterocycles. The van der Waals surface area contributed by atoms with Gasteiger partial charge in [0.2, 0.25) is 5.91 Å². The summed E-state index contributed by atoms with van der Waals surface area (Å²) < 4.78 is 15.2. The maximum absolute atomic E-state index is 10.4. The Kier molecular flexibility index (Phi) is 11.4. The average molecular weight is 233 g/mol. The molecule has 0 bridgehead atoms. The van der Waals surface area contributed by atoms with Crippen molar-refractivity contribution in [3.8, 4) is 0 Å². The molecule has 2 N–H and O–H groups in total. The minimum absolute atomic E-state index is 0.104. The highest BCUT2D eigenvalue weighted by Gasteiger charge is 1.94. The van der Waals surface area contributed by atoms with Crippen LogP contribution in [0.25, 0.3) is 0 Å². The molecule has 0 aromatic carbocycles. The van der Waals surface area contributed by atoms with Crippen LogP contribution in [-0.4, -0.2) is 51.8 Å². The van der Waals surface area contributed by atoms with Crippen LogP contribution < -0.4 is 5.73 Å². The summed E-state index contributed by atoms with van der Waals surface area (Å²) in [6, 6.07) is 0. The molecule has 94 valence electrons. The average Bonchev–Trinajstić information content (AvgIpc) is 2.25. The summed E-state index contributed by atoms with van der Waals surface area (Å²) in [5, 5.41) is 0. The Morgan fingerprint density at radius 2 is 1.56 bits per heavy atom. The minimum atomic E-state index is -0.313. The first-order chi connectivity index (χ1) is 7.77. The Morgan fingerprint density at radius 3 is 2.12 bits per heavy atom. The topological polar surface area (TPSA) is 87.9 Å². The lowest BCUT2D eigenvalue weighted by atomic mass is 10.3. The van der Waals surface area contributed by atoms with Gasteiger partial charge >= 0.3 is 0 Å². The zero-order valence-electron chi connectivity index (χ0n) is 9.35. The fourth-order valence-electron chi connectivity index (χ4n) is 0.920. The van der Waals surface area contributed by atoms with Gasteiger partial charge in [0.05, 0.1) is 26.4 Å². The summed E-state index contributed by atoms with van der Waals surface area (Å²) in [6.45, 7) is 2.41. The van der Waals surface area contributed by atoms with Crippen LogP contribution in [0, 0.1) is 0 Å². The van der Waals surface area contributed by atoms with Crippen molar-refractivity contribution in [2.75, 3.05) is 39.6 Å². The molecule has 16 heavy (non-hydrogen) atoms. The van der Waals surface area contributed by atoms with Gasteiger partial charge in [0.1, 0.15) is 12.9 Å². The number of hydrogen-bond donors (Lipinski definition) is 1. The molecule has 0 atom stereocenters. The quantitative estimate of drug-likeness (QED) is 0.362. The van der Waals surface area contributed by atoms with Gasteiger partial charge < -0.3 is 24.7 Å². The molecular weight excluding hydrogens is 214 g/mol. The first-order valence-electron chi connectivity index (χ1n) is 5.22. The summed E-state index contributed by atoms with van der Waals surface area (Å²) >= 11 is 0. The molecule has 0 spiro atoms. The van der Waals surface area contributed by atoms with Crippen LogP contribution in [-0.2, 0) is 23.8 Å². The van der Waals surface area contributed by atoms with E-state index in [-0.39, 0.29) is 12.5 Å². The fourth-order valence-corrected chi connectivity index (χ4v) is 0.920. The van der Waals surface area contributed by atoms with E-state index in [1.54, 1.807) is 0 Å². The molecule has 6 heteroatoms. The molecule has 0 radical (unpaired) electrons. The number of carbonyl (C=O) groups excluding carboxylic acids is 2. The summed E-state index contributed by atoms with van der Waals surface area (Å²) in [5.41, 5.74) is 4.95. The molecule has 0 aromatic rings. The molecule has 0 saturated carbocycles. The summed E-state index contributed by atoms with van der Waals surface area (Å²) in [4.78, 5) is 20.2. The Balaban J connectivity index is 2.93. The second-order valence-electron chi connectivity index (χ2n) is 3.04. The Morgan fingerprint density at radius 1 is 1.00 bits per heavy atom. The summed E-state index contributed by atoms with van der Waals surface area (Å²) in [7, 11) is 0. The molecule has 0 saturated heterocycles. The second kappa shape index (κ2) is 12.1. The second-order valence-corrected chi connectivity index (χ2v) is 3.04. The summed E-state index contributed by atoms with van der Waals surface area (Å²) in [5.74, 6) is -0.313. The lowest BCUT2D eigenvalue weighted by Gasteiger charge is -2.05. The van der Waals surface area contributed by atoms with Gasteiger partial charge in [-0.25, -0.2) is 0 Å². The zero-order chi connectivity index (χ0) is 12.1. The Bertz CT molecular complexity index is 186. The van der Waals surface area contributed by atoms with Gasteiger partial charge in [-0.15, -0.1) is 0 Å². The van der Waals surface area contributed by atoms with E-state index in [0.29, 0.717) is 52.2 Å². The van der Waals surface area contributed by atoms with Gasteiger partial charge in [0, 0.05) is 13.0 Å². The normalized spacial score (nSPS) is 10.2. The van der Waals surface area contributed by atoms with Gasteiger partial charge in [-0.3, -0.25) is 4.79 Å². The third-order valence-corrected chi connectivity index (χ3v) is 1.64. The molecule has 0 rings (SSSR count). The molecule has 0 fully saturated rings. The number of rotatable bonds is 12. The highest BCUT2D eigenvalue weighted by Crippen LogP contribution is 1.89. The van der Waals surface area contributed by atoms with E-state index in [0.717, 1.165) is 0 Å². The number of ether oxygens (including phenoxy) is 3. The lowest BCUT2D eigenvalue weighted by molar-refractivity contribution is -0.118. The van der Waals surface area contributed by atoms with Gasteiger partial charge in [-0.05, 0) is 6.42 Å². The first-order valence-corrected chi connectivity index (χ1v) is 5.22. The van der Waals surface area contributed by atoms with Crippen LogP contribution >= 0.6 is 0 Å². The van der Waals surface area contributed by atoms with Crippen molar-refractivity contribution in [2.24, 2.45) is 5.73 Å². The molecule has 6 nitrogen and oxygen atoms in total. The maximum Gasteiger partial charge on any atom is 0.217 e. The van der Waals surface area contributed by atoms with Crippen LogP contribution in [0.15, 0.2) is 0 Å². The first kappa shape index (κ1) is 15.0. The van der Waals surface area contributed by atoms with Crippen LogP contribution in [0.4, 0.5) is 0 Å². The summed E-state index contributed by atoms with van der Waals surface area (Å²) in [6.07, 6.45) is 1.68. The van der Waals surface area contributed by atoms with Gasteiger partial charge in [-0.1, -0.05) is 0 Å². The van der Waals surface area contributed by atoms with E-state index in [2.05, 4.69) is 0 Å². The van der Waals surface area contributed by atoms with Crippen molar-refractivity contribution in [2.45, 2.75) is 12.8 Å². The van der Waals surface area contributed by atoms with E-state index >= 15 is 0 Å². The predicted octanol–water partition coefficient (Wildman–Crippen LogP) is -0.499. The van der Waals surface area contributed by atoms with Gasteiger partial charge in [0.25, 0.3) is 0 Å². The van der Waals surface area contributed by atoms with Gasteiger partial charge in [0.15, 0.2) is 0 Å². The van der Waals surface area contributed by atoms with Crippen molar-refractivity contribution in [3.63, 3.8) is 0 Å².